The second-order valence-corrected chi connectivity index (χ2v) is 7.29. The van der Waals surface area contributed by atoms with E-state index in [2.05, 4.69) is 10.1 Å². The van der Waals surface area contributed by atoms with Crippen molar-refractivity contribution in [3.8, 4) is 5.88 Å². The third-order valence-corrected chi connectivity index (χ3v) is 5.50. The zero-order chi connectivity index (χ0) is 18.8. The molecular weight excluding hydrogens is 344 g/mol. The molecule has 1 fully saturated rings. The van der Waals surface area contributed by atoms with Gasteiger partial charge < -0.3 is 14.7 Å². The number of hydrogen-bond acceptors (Lipinski definition) is 5. The number of fused-ring (bicyclic) bond motifs is 1. The van der Waals surface area contributed by atoms with Crippen LogP contribution in [0.5, 0.6) is 5.88 Å². The van der Waals surface area contributed by atoms with Gasteiger partial charge in [0.15, 0.2) is 0 Å². The lowest BCUT2D eigenvalue weighted by Gasteiger charge is -2.29. The average molecular weight is 370 g/mol. The van der Waals surface area contributed by atoms with Crippen LogP contribution in [-0.4, -0.2) is 43.8 Å². The second kappa shape index (κ2) is 7.68. The molecule has 7 nitrogen and oxygen atoms in total. The Kier molecular flexibility index (Phi) is 5.11. The van der Waals surface area contributed by atoms with Crippen molar-refractivity contribution < 1.29 is 14.6 Å². The molecule has 2 aliphatic rings. The summed E-state index contributed by atoms with van der Waals surface area (Å²) < 4.78 is 7.46. The molecule has 1 N–H and O–H groups in total. The topological polar surface area (TPSA) is 80.5 Å². The van der Waals surface area contributed by atoms with Crippen molar-refractivity contribution in [1.82, 2.24) is 19.7 Å². The number of nitrogens with zero attached hydrogens (tertiary/aromatic N) is 4. The standard InChI is InChI=1S/C20H26N4O3/c1-2-27-19-16(8-4-9-21-19)20(26)23-10-5-11-24-15(13-23)12-17(22-24)18(25)14-6-3-7-14/h4,8-9,12,14,18,25H,2-3,5-7,10-11,13H2,1H3. The molecule has 1 aliphatic heterocycles. The molecule has 2 aromatic rings. The van der Waals surface area contributed by atoms with Crippen molar-refractivity contribution in [3.63, 3.8) is 0 Å². The number of ether oxygens (including phenoxy) is 1. The van der Waals surface area contributed by atoms with E-state index in [-0.39, 0.29) is 5.91 Å². The maximum atomic E-state index is 13.1. The van der Waals surface area contributed by atoms with Crippen LogP contribution in [0.15, 0.2) is 24.4 Å². The molecule has 0 spiro atoms. The van der Waals surface area contributed by atoms with Crippen molar-refractivity contribution in [2.45, 2.75) is 51.8 Å². The molecule has 1 atom stereocenters. The number of aliphatic hydroxyl groups excluding tert-OH is 1. The molecule has 27 heavy (non-hydrogen) atoms. The van der Waals surface area contributed by atoms with Gasteiger partial charge in [-0.1, -0.05) is 6.42 Å². The van der Waals surface area contributed by atoms with E-state index in [1.165, 1.54) is 6.42 Å². The largest absolute Gasteiger partial charge is 0.477 e. The molecular formula is C20H26N4O3. The minimum Gasteiger partial charge on any atom is -0.477 e. The van der Waals surface area contributed by atoms with Gasteiger partial charge in [0, 0.05) is 19.3 Å². The molecule has 1 saturated carbocycles. The SMILES string of the molecule is CCOc1ncccc1C(=O)N1CCCn2nc(C(O)C3CCC3)cc2C1. The van der Waals surface area contributed by atoms with Crippen LogP contribution >= 0.6 is 0 Å². The van der Waals surface area contributed by atoms with Crippen molar-refractivity contribution in [3.05, 3.63) is 41.3 Å². The van der Waals surface area contributed by atoms with E-state index in [4.69, 9.17) is 4.74 Å². The summed E-state index contributed by atoms with van der Waals surface area (Å²) >= 11 is 0. The summed E-state index contributed by atoms with van der Waals surface area (Å²) in [4.78, 5) is 19.1. The van der Waals surface area contributed by atoms with Gasteiger partial charge in [-0.15, -0.1) is 0 Å². The number of pyridine rings is 1. The number of aryl methyl sites for hydroxylation is 1. The van der Waals surface area contributed by atoms with Crippen LogP contribution in [0.3, 0.4) is 0 Å². The van der Waals surface area contributed by atoms with Crippen LogP contribution in [-0.2, 0) is 13.1 Å². The summed E-state index contributed by atoms with van der Waals surface area (Å²) in [5.41, 5.74) is 2.19. The molecule has 7 heteroatoms. The van der Waals surface area contributed by atoms with Crippen LogP contribution in [0.25, 0.3) is 0 Å². The highest BCUT2D eigenvalue weighted by Gasteiger charge is 2.30. The average Bonchev–Trinajstić information content (AvgIpc) is 2.92. The van der Waals surface area contributed by atoms with Crippen LogP contribution in [0.4, 0.5) is 0 Å². The maximum absolute atomic E-state index is 13.1. The van der Waals surface area contributed by atoms with Crippen molar-refractivity contribution >= 4 is 5.91 Å². The predicted octanol–water partition coefficient (Wildman–Crippen LogP) is 2.56. The van der Waals surface area contributed by atoms with Gasteiger partial charge in [-0.2, -0.15) is 5.10 Å². The van der Waals surface area contributed by atoms with Crippen LogP contribution < -0.4 is 4.74 Å². The third-order valence-electron chi connectivity index (χ3n) is 5.50. The van der Waals surface area contributed by atoms with E-state index in [0.29, 0.717) is 37.1 Å². The van der Waals surface area contributed by atoms with Gasteiger partial charge in [0.05, 0.1) is 24.5 Å². The Bertz CT molecular complexity index is 815. The molecule has 1 aliphatic carbocycles. The molecule has 4 rings (SSSR count). The van der Waals surface area contributed by atoms with E-state index in [0.717, 1.165) is 37.2 Å². The number of hydrogen-bond donors (Lipinski definition) is 1. The molecule has 0 saturated heterocycles. The lowest BCUT2D eigenvalue weighted by atomic mass is 9.80. The van der Waals surface area contributed by atoms with Crippen LogP contribution in [0.2, 0.25) is 0 Å². The Labute approximate surface area is 159 Å². The summed E-state index contributed by atoms with van der Waals surface area (Å²) in [6.45, 7) is 4.23. The monoisotopic (exact) mass is 370 g/mol. The number of amides is 1. The first-order valence-corrected chi connectivity index (χ1v) is 9.79. The Morgan fingerprint density at radius 2 is 2.22 bits per heavy atom. The molecule has 3 heterocycles. The number of aromatic nitrogens is 3. The Morgan fingerprint density at radius 1 is 1.37 bits per heavy atom. The van der Waals surface area contributed by atoms with Gasteiger partial charge in [0.1, 0.15) is 11.7 Å². The van der Waals surface area contributed by atoms with E-state index in [1.54, 1.807) is 18.3 Å². The highest BCUT2D eigenvalue weighted by atomic mass is 16.5. The Morgan fingerprint density at radius 3 is 2.96 bits per heavy atom. The quantitative estimate of drug-likeness (QED) is 0.875. The van der Waals surface area contributed by atoms with Gasteiger partial charge >= 0.3 is 0 Å². The fourth-order valence-corrected chi connectivity index (χ4v) is 3.78. The number of carbonyl (C=O) groups excluding carboxylic acids is 1. The summed E-state index contributed by atoms with van der Waals surface area (Å²) in [6, 6.07) is 5.47. The zero-order valence-corrected chi connectivity index (χ0v) is 15.7. The molecule has 0 radical (unpaired) electrons. The van der Waals surface area contributed by atoms with Gasteiger partial charge in [-0.05, 0) is 50.3 Å². The highest BCUT2D eigenvalue weighted by molar-refractivity contribution is 5.96. The summed E-state index contributed by atoms with van der Waals surface area (Å²) in [5, 5.41) is 15.1. The summed E-state index contributed by atoms with van der Waals surface area (Å²) in [7, 11) is 0. The van der Waals surface area contributed by atoms with Gasteiger partial charge in [-0.3, -0.25) is 9.48 Å². The molecule has 0 aromatic carbocycles. The van der Waals surface area contributed by atoms with E-state index in [9.17, 15) is 9.90 Å². The third kappa shape index (κ3) is 3.56. The van der Waals surface area contributed by atoms with E-state index < -0.39 is 6.10 Å². The highest BCUT2D eigenvalue weighted by Crippen LogP contribution is 2.37. The number of carbonyl (C=O) groups is 1. The molecule has 144 valence electrons. The molecule has 2 aromatic heterocycles. The lowest BCUT2D eigenvalue weighted by Crippen LogP contribution is -2.31. The number of aliphatic hydroxyl groups is 1. The fourth-order valence-electron chi connectivity index (χ4n) is 3.78. The minimum atomic E-state index is -0.495. The van der Waals surface area contributed by atoms with Crippen LogP contribution in [0, 0.1) is 5.92 Å². The zero-order valence-electron chi connectivity index (χ0n) is 15.7. The predicted molar refractivity (Wildman–Crippen MR) is 99.3 cm³/mol. The summed E-state index contributed by atoms with van der Waals surface area (Å²) in [6.07, 6.45) is 5.27. The van der Waals surface area contributed by atoms with Crippen LogP contribution in [0.1, 0.15) is 60.5 Å². The van der Waals surface area contributed by atoms with Gasteiger partial charge in [0.25, 0.3) is 5.91 Å². The second-order valence-electron chi connectivity index (χ2n) is 7.29. The first-order chi connectivity index (χ1) is 13.2. The van der Waals surface area contributed by atoms with E-state index in [1.807, 2.05) is 22.6 Å². The van der Waals surface area contributed by atoms with Crippen molar-refractivity contribution in [2.24, 2.45) is 5.92 Å². The smallest absolute Gasteiger partial charge is 0.259 e. The van der Waals surface area contributed by atoms with Gasteiger partial charge in [-0.25, -0.2) is 4.98 Å². The summed E-state index contributed by atoms with van der Waals surface area (Å²) in [5.74, 6) is 0.622. The molecule has 1 amide bonds. The lowest BCUT2D eigenvalue weighted by molar-refractivity contribution is 0.0580. The van der Waals surface area contributed by atoms with Crippen molar-refractivity contribution in [2.75, 3.05) is 13.2 Å². The van der Waals surface area contributed by atoms with Gasteiger partial charge in [0.2, 0.25) is 5.88 Å². The Hall–Kier alpha value is -2.41. The van der Waals surface area contributed by atoms with Crippen molar-refractivity contribution in [1.29, 1.82) is 0 Å². The first kappa shape index (κ1) is 18.0. The van der Waals surface area contributed by atoms with E-state index >= 15 is 0 Å². The fraction of sp³-hybridized carbons (Fsp3) is 0.550. The maximum Gasteiger partial charge on any atom is 0.259 e. The Balaban J connectivity index is 1.54. The minimum absolute atomic E-state index is 0.0812. The number of rotatable bonds is 5. The first-order valence-electron chi connectivity index (χ1n) is 9.79. The molecule has 1 unspecified atom stereocenters. The normalized spacial score (nSPS) is 18.4. The molecule has 0 bridgehead atoms.